The van der Waals surface area contributed by atoms with Crippen molar-refractivity contribution in [3.63, 3.8) is 0 Å². The Kier molecular flexibility index (Phi) is 5.12. The minimum Gasteiger partial charge on any atom is -0.455 e. The minimum absolute atomic E-state index is 0. The molecule has 0 saturated heterocycles. The molecule has 0 radical (unpaired) electrons. The van der Waals surface area contributed by atoms with E-state index in [-0.39, 0.29) is 6.15 Å². The van der Waals surface area contributed by atoms with Crippen molar-refractivity contribution in [1.29, 1.82) is 0 Å². The molecule has 3 heteroatoms. The summed E-state index contributed by atoms with van der Waals surface area (Å²) >= 11 is 0. The zero-order valence-electron chi connectivity index (χ0n) is 13.2. The average molecular weight is 294 g/mol. The highest BCUT2D eigenvalue weighted by Gasteiger charge is 2.14. The molecule has 2 aromatic carbocycles. The molecule has 0 aliphatic heterocycles. The third-order valence-electron chi connectivity index (χ3n) is 3.67. The summed E-state index contributed by atoms with van der Waals surface area (Å²) < 4.78 is 6.17. The number of hydrogen-bond acceptors (Lipinski definition) is 3. The maximum atomic E-state index is 6.17. The monoisotopic (exact) mass is 294 g/mol. The highest BCUT2D eigenvalue weighted by molar-refractivity contribution is 5.85. The molecule has 3 N–H and O–H groups in total. The molecule has 3 aromatic rings. The molecule has 0 aliphatic rings. The van der Waals surface area contributed by atoms with Gasteiger partial charge in [0.05, 0.1) is 11.2 Å². The Morgan fingerprint density at radius 2 is 1.55 bits per heavy atom. The Balaban J connectivity index is 0.00000176. The van der Waals surface area contributed by atoms with E-state index >= 15 is 0 Å². The molecule has 1 aromatic heterocycles. The van der Waals surface area contributed by atoms with Crippen LogP contribution in [0, 0.1) is 0 Å². The molecule has 1 heterocycles. The number of para-hydroxylation sites is 2. The van der Waals surface area contributed by atoms with Gasteiger partial charge in [-0.15, -0.1) is 0 Å². The number of aromatic nitrogens is 1. The smallest absolute Gasteiger partial charge is 0.152 e. The number of benzene rings is 2. The maximum absolute atomic E-state index is 6.17. The molecule has 0 bridgehead atoms. The minimum atomic E-state index is 0. The van der Waals surface area contributed by atoms with Gasteiger partial charge < -0.3 is 10.9 Å². The molecule has 0 amide bonds. The van der Waals surface area contributed by atoms with E-state index in [1.165, 1.54) is 10.9 Å². The summed E-state index contributed by atoms with van der Waals surface area (Å²) in [4.78, 5) is 4.77. The van der Waals surface area contributed by atoms with Gasteiger partial charge >= 0.3 is 0 Å². The third-order valence-corrected chi connectivity index (χ3v) is 3.67. The lowest BCUT2D eigenvalue weighted by atomic mass is 10.0. The van der Waals surface area contributed by atoms with Crippen molar-refractivity contribution in [1.82, 2.24) is 11.1 Å². The summed E-state index contributed by atoms with van der Waals surface area (Å²) in [7, 11) is 0. The fourth-order valence-corrected chi connectivity index (χ4v) is 2.64. The van der Waals surface area contributed by atoms with E-state index in [4.69, 9.17) is 9.72 Å². The molecule has 114 valence electrons. The molecular weight excluding hydrogens is 272 g/mol. The van der Waals surface area contributed by atoms with E-state index in [2.05, 4.69) is 32.0 Å². The Morgan fingerprint density at radius 3 is 2.23 bits per heavy atom. The number of rotatable bonds is 4. The second-order valence-electron chi connectivity index (χ2n) is 5.01. The van der Waals surface area contributed by atoms with Gasteiger partial charge in [-0.2, -0.15) is 0 Å². The molecule has 0 aliphatic carbocycles. The van der Waals surface area contributed by atoms with Crippen LogP contribution in [0.15, 0.2) is 54.6 Å². The van der Waals surface area contributed by atoms with Crippen molar-refractivity contribution < 1.29 is 4.74 Å². The van der Waals surface area contributed by atoms with Gasteiger partial charge in [-0.3, -0.25) is 0 Å². The van der Waals surface area contributed by atoms with E-state index in [1.807, 2.05) is 36.4 Å². The van der Waals surface area contributed by atoms with Crippen LogP contribution in [0.5, 0.6) is 11.5 Å². The number of ether oxygens (including phenoxy) is 1. The van der Waals surface area contributed by atoms with Crippen molar-refractivity contribution >= 4 is 10.9 Å². The van der Waals surface area contributed by atoms with Crippen molar-refractivity contribution in [3.8, 4) is 11.5 Å². The van der Waals surface area contributed by atoms with Crippen LogP contribution in [0.2, 0.25) is 0 Å². The Bertz CT molecular complexity index is 754. The predicted molar refractivity (Wildman–Crippen MR) is 92.0 cm³/mol. The standard InChI is InChI=1S/C19H19NO.H3N/c1-3-15-16-12-8-9-13-18(16)20-17(4-2)19(15)21-14-10-6-5-7-11-14;/h5-13H,3-4H2,1-2H3;1H3. The lowest BCUT2D eigenvalue weighted by molar-refractivity contribution is 0.469. The van der Waals surface area contributed by atoms with E-state index in [1.54, 1.807) is 0 Å². The summed E-state index contributed by atoms with van der Waals surface area (Å²) in [5.41, 5.74) is 3.31. The zero-order valence-corrected chi connectivity index (χ0v) is 13.2. The average Bonchev–Trinajstić information content (AvgIpc) is 2.55. The van der Waals surface area contributed by atoms with Crippen LogP contribution in [0.3, 0.4) is 0 Å². The van der Waals surface area contributed by atoms with Gasteiger partial charge in [0.15, 0.2) is 5.75 Å². The molecule has 0 atom stereocenters. The van der Waals surface area contributed by atoms with Gasteiger partial charge in [0.25, 0.3) is 0 Å². The van der Waals surface area contributed by atoms with Crippen molar-refractivity contribution in [2.45, 2.75) is 26.7 Å². The van der Waals surface area contributed by atoms with Gasteiger partial charge in [-0.25, -0.2) is 4.98 Å². The van der Waals surface area contributed by atoms with Crippen molar-refractivity contribution in [2.75, 3.05) is 0 Å². The Labute approximate surface area is 131 Å². The van der Waals surface area contributed by atoms with Gasteiger partial charge in [0, 0.05) is 10.9 Å². The normalized spacial score (nSPS) is 10.3. The summed E-state index contributed by atoms with van der Waals surface area (Å²) in [5, 5.41) is 1.18. The number of fused-ring (bicyclic) bond motifs is 1. The third kappa shape index (κ3) is 2.95. The first-order chi connectivity index (χ1) is 10.3. The van der Waals surface area contributed by atoms with E-state index < -0.39 is 0 Å². The van der Waals surface area contributed by atoms with Crippen LogP contribution in [-0.4, -0.2) is 4.98 Å². The molecule has 0 saturated carbocycles. The van der Waals surface area contributed by atoms with Crippen molar-refractivity contribution in [2.24, 2.45) is 0 Å². The molecule has 3 rings (SSSR count). The topological polar surface area (TPSA) is 57.1 Å². The highest BCUT2D eigenvalue weighted by Crippen LogP contribution is 2.34. The second-order valence-corrected chi connectivity index (χ2v) is 5.01. The molecule has 22 heavy (non-hydrogen) atoms. The Morgan fingerprint density at radius 1 is 0.864 bits per heavy atom. The van der Waals surface area contributed by atoms with Crippen molar-refractivity contribution in [3.05, 3.63) is 65.9 Å². The zero-order chi connectivity index (χ0) is 14.7. The van der Waals surface area contributed by atoms with Crippen LogP contribution in [-0.2, 0) is 12.8 Å². The van der Waals surface area contributed by atoms with Gasteiger partial charge in [0.2, 0.25) is 0 Å². The second kappa shape index (κ2) is 7.05. The predicted octanol–water partition coefficient (Wildman–Crippen LogP) is 5.31. The van der Waals surface area contributed by atoms with Crippen LogP contribution in [0.4, 0.5) is 0 Å². The summed E-state index contributed by atoms with van der Waals surface area (Å²) in [5.74, 6) is 1.78. The molecule has 3 nitrogen and oxygen atoms in total. The summed E-state index contributed by atoms with van der Waals surface area (Å²) in [6.45, 7) is 4.29. The molecule has 0 unspecified atom stereocenters. The fraction of sp³-hybridized carbons (Fsp3) is 0.211. The molecule has 0 fully saturated rings. The SMILES string of the molecule is CCc1nc2ccccc2c(CC)c1Oc1ccccc1.N. The Hall–Kier alpha value is -2.39. The molecule has 0 spiro atoms. The number of nitrogens with zero attached hydrogens (tertiary/aromatic N) is 1. The highest BCUT2D eigenvalue weighted by atomic mass is 16.5. The van der Waals surface area contributed by atoms with E-state index in [0.717, 1.165) is 35.6 Å². The van der Waals surface area contributed by atoms with Crippen LogP contribution in [0.25, 0.3) is 10.9 Å². The van der Waals surface area contributed by atoms with Crippen LogP contribution in [0.1, 0.15) is 25.1 Å². The fourth-order valence-electron chi connectivity index (χ4n) is 2.64. The van der Waals surface area contributed by atoms with Gasteiger partial charge in [0.1, 0.15) is 5.75 Å². The lowest BCUT2D eigenvalue weighted by Gasteiger charge is -2.16. The van der Waals surface area contributed by atoms with E-state index in [9.17, 15) is 0 Å². The summed E-state index contributed by atoms with van der Waals surface area (Å²) in [6.07, 6.45) is 1.79. The van der Waals surface area contributed by atoms with Gasteiger partial charge in [-0.05, 0) is 31.0 Å². The maximum Gasteiger partial charge on any atom is 0.152 e. The van der Waals surface area contributed by atoms with E-state index in [0.29, 0.717) is 0 Å². The first-order valence-electron chi connectivity index (χ1n) is 7.46. The largest absolute Gasteiger partial charge is 0.455 e. The molecular formula is C19H22N2O. The number of aryl methyl sites for hydroxylation is 2. The van der Waals surface area contributed by atoms with Gasteiger partial charge in [-0.1, -0.05) is 50.2 Å². The summed E-state index contributed by atoms with van der Waals surface area (Å²) in [6, 6.07) is 18.2. The quantitative estimate of drug-likeness (QED) is 0.709. The lowest BCUT2D eigenvalue weighted by Crippen LogP contribution is -2.00. The first-order valence-corrected chi connectivity index (χ1v) is 7.46. The first kappa shape index (κ1) is 16.0. The number of hydrogen-bond donors (Lipinski definition) is 1. The van der Waals surface area contributed by atoms with Crippen LogP contribution < -0.4 is 10.9 Å². The van der Waals surface area contributed by atoms with Crippen LogP contribution >= 0.6 is 0 Å². The number of pyridine rings is 1.